The molecule has 0 aliphatic carbocycles. The highest BCUT2D eigenvalue weighted by atomic mass is 19.4. The number of anilines is 1. The van der Waals surface area contributed by atoms with E-state index in [9.17, 15) is 13.2 Å². The Bertz CT molecular complexity index is 939. The van der Waals surface area contributed by atoms with Gasteiger partial charge in [0.25, 0.3) is 0 Å². The van der Waals surface area contributed by atoms with Crippen molar-refractivity contribution < 1.29 is 17.9 Å². The summed E-state index contributed by atoms with van der Waals surface area (Å²) in [6.45, 7) is 0.897. The SMILES string of the molecule is NC(=NCc1cccc(Cn2cccn2)c1)Nc1ccccc1OC(F)(F)F. The van der Waals surface area contributed by atoms with Gasteiger partial charge in [-0.3, -0.25) is 4.68 Å². The van der Waals surface area contributed by atoms with Crippen molar-refractivity contribution in [1.29, 1.82) is 0 Å². The van der Waals surface area contributed by atoms with E-state index in [0.29, 0.717) is 6.54 Å². The van der Waals surface area contributed by atoms with Gasteiger partial charge >= 0.3 is 6.36 Å². The van der Waals surface area contributed by atoms with Crippen LogP contribution in [0.15, 0.2) is 72.0 Å². The van der Waals surface area contributed by atoms with Crippen molar-refractivity contribution in [2.45, 2.75) is 19.5 Å². The van der Waals surface area contributed by atoms with Gasteiger partial charge < -0.3 is 15.8 Å². The molecule has 0 spiro atoms. The van der Waals surface area contributed by atoms with E-state index in [0.717, 1.165) is 11.1 Å². The van der Waals surface area contributed by atoms with Crippen LogP contribution in [-0.2, 0) is 13.1 Å². The third-order valence-corrected chi connectivity index (χ3v) is 3.70. The zero-order valence-electron chi connectivity index (χ0n) is 14.7. The summed E-state index contributed by atoms with van der Waals surface area (Å²) in [5, 5.41) is 6.81. The summed E-state index contributed by atoms with van der Waals surface area (Å²) >= 11 is 0. The van der Waals surface area contributed by atoms with Crippen molar-refractivity contribution in [2.24, 2.45) is 10.7 Å². The third-order valence-electron chi connectivity index (χ3n) is 3.70. The maximum atomic E-state index is 12.5. The highest BCUT2D eigenvalue weighted by Gasteiger charge is 2.32. The number of ether oxygens (including phenoxy) is 1. The molecule has 0 atom stereocenters. The number of nitrogens with one attached hydrogen (secondary N) is 1. The molecule has 2 aromatic carbocycles. The summed E-state index contributed by atoms with van der Waals surface area (Å²) in [6.07, 6.45) is -1.22. The predicted molar refractivity (Wildman–Crippen MR) is 99.8 cm³/mol. The molecule has 0 aliphatic heterocycles. The lowest BCUT2D eigenvalue weighted by atomic mass is 10.1. The quantitative estimate of drug-likeness (QED) is 0.497. The van der Waals surface area contributed by atoms with Gasteiger partial charge in [0.05, 0.1) is 18.8 Å². The Kier molecular flexibility index (Phi) is 5.83. The van der Waals surface area contributed by atoms with Crippen LogP contribution in [0.3, 0.4) is 0 Å². The Morgan fingerprint density at radius 1 is 1.11 bits per heavy atom. The molecule has 0 radical (unpaired) electrons. The summed E-state index contributed by atoms with van der Waals surface area (Å²) in [6, 6.07) is 15.2. The fraction of sp³-hybridized carbons (Fsp3) is 0.158. The van der Waals surface area contributed by atoms with Gasteiger partial charge in [0.2, 0.25) is 0 Å². The molecule has 1 aromatic heterocycles. The first kappa shape index (κ1) is 19.3. The summed E-state index contributed by atoms with van der Waals surface area (Å²) in [5.41, 5.74) is 7.86. The molecular formula is C19H18F3N5O. The number of guanidine groups is 1. The number of benzene rings is 2. The van der Waals surface area contributed by atoms with Crippen molar-refractivity contribution in [3.05, 3.63) is 78.1 Å². The Balaban J connectivity index is 1.65. The summed E-state index contributed by atoms with van der Waals surface area (Å²) in [4.78, 5) is 4.19. The van der Waals surface area contributed by atoms with Crippen LogP contribution in [0.5, 0.6) is 5.75 Å². The van der Waals surface area contributed by atoms with E-state index < -0.39 is 6.36 Å². The molecule has 9 heteroatoms. The molecular weight excluding hydrogens is 371 g/mol. The average Bonchev–Trinajstić information content (AvgIpc) is 3.14. The molecule has 3 aromatic rings. The molecule has 6 nitrogen and oxygen atoms in total. The lowest BCUT2D eigenvalue weighted by Gasteiger charge is -2.14. The van der Waals surface area contributed by atoms with Crippen LogP contribution in [-0.4, -0.2) is 22.1 Å². The van der Waals surface area contributed by atoms with Gasteiger partial charge in [-0.1, -0.05) is 36.4 Å². The number of halogens is 3. The van der Waals surface area contributed by atoms with Gasteiger partial charge in [-0.25, -0.2) is 4.99 Å². The van der Waals surface area contributed by atoms with E-state index in [1.807, 2.05) is 36.5 Å². The molecule has 146 valence electrons. The number of aromatic nitrogens is 2. The summed E-state index contributed by atoms with van der Waals surface area (Å²) in [5.74, 6) is -0.398. The number of hydrogen-bond donors (Lipinski definition) is 2. The number of hydrogen-bond acceptors (Lipinski definition) is 3. The Morgan fingerprint density at radius 3 is 2.64 bits per heavy atom. The van der Waals surface area contributed by atoms with Crippen molar-refractivity contribution in [3.8, 4) is 5.75 Å². The zero-order valence-corrected chi connectivity index (χ0v) is 14.7. The Morgan fingerprint density at radius 2 is 1.89 bits per heavy atom. The molecule has 0 amide bonds. The molecule has 0 bridgehead atoms. The van der Waals surface area contributed by atoms with Crippen LogP contribution in [0.25, 0.3) is 0 Å². The van der Waals surface area contributed by atoms with Crippen molar-refractivity contribution in [2.75, 3.05) is 5.32 Å². The molecule has 0 aliphatic rings. The van der Waals surface area contributed by atoms with Gasteiger partial charge in [-0.2, -0.15) is 5.10 Å². The first-order valence-electron chi connectivity index (χ1n) is 8.36. The lowest BCUT2D eigenvalue weighted by Crippen LogP contribution is -2.24. The minimum Gasteiger partial charge on any atom is -0.404 e. The molecule has 1 heterocycles. The number of aliphatic imine (C=N–C) groups is 1. The van der Waals surface area contributed by atoms with Crippen molar-refractivity contribution in [3.63, 3.8) is 0 Å². The van der Waals surface area contributed by atoms with Gasteiger partial charge in [0.1, 0.15) is 0 Å². The smallest absolute Gasteiger partial charge is 0.404 e. The molecule has 3 N–H and O–H groups in total. The zero-order chi connectivity index (χ0) is 20.0. The largest absolute Gasteiger partial charge is 0.573 e. The van der Waals surface area contributed by atoms with Crippen molar-refractivity contribution >= 4 is 11.6 Å². The molecule has 0 unspecified atom stereocenters. The average molecular weight is 389 g/mol. The topological polar surface area (TPSA) is 77.5 Å². The first-order chi connectivity index (χ1) is 13.4. The van der Waals surface area contributed by atoms with Crippen LogP contribution < -0.4 is 15.8 Å². The molecule has 3 rings (SSSR count). The van der Waals surface area contributed by atoms with Gasteiger partial charge in [0, 0.05) is 12.4 Å². The number of para-hydroxylation sites is 2. The first-order valence-corrected chi connectivity index (χ1v) is 8.36. The number of alkyl halides is 3. The number of nitrogens with two attached hydrogens (primary N) is 1. The van der Waals surface area contributed by atoms with Crippen molar-refractivity contribution in [1.82, 2.24) is 9.78 Å². The van der Waals surface area contributed by atoms with Crippen LogP contribution in [0.2, 0.25) is 0 Å². The fourth-order valence-electron chi connectivity index (χ4n) is 2.54. The summed E-state index contributed by atoms with van der Waals surface area (Å²) in [7, 11) is 0. The van der Waals surface area contributed by atoms with Gasteiger partial charge in [-0.05, 0) is 29.3 Å². The second-order valence-electron chi connectivity index (χ2n) is 5.89. The van der Waals surface area contributed by atoms with Crippen LogP contribution in [0.1, 0.15) is 11.1 Å². The van der Waals surface area contributed by atoms with Crippen LogP contribution in [0, 0.1) is 0 Å². The van der Waals surface area contributed by atoms with E-state index in [1.165, 1.54) is 18.2 Å². The van der Waals surface area contributed by atoms with E-state index in [1.54, 1.807) is 16.9 Å². The number of rotatable bonds is 6. The minimum absolute atomic E-state index is 0.0179. The maximum Gasteiger partial charge on any atom is 0.573 e. The highest BCUT2D eigenvalue weighted by Crippen LogP contribution is 2.29. The molecule has 28 heavy (non-hydrogen) atoms. The lowest BCUT2D eigenvalue weighted by molar-refractivity contribution is -0.274. The van der Waals surface area contributed by atoms with Gasteiger partial charge in [-0.15, -0.1) is 13.2 Å². The Hall–Kier alpha value is -3.49. The van der Waals surface area contributed by atoms with Crippen LogP contribution in [0.4, 0.5) is 18.9 Å². The standard InChI is InChI=1S/C19H18F3N5O/c20-19(21,22)28-17-8-2-1-7-16(17)26-18(23)24-12-14-5-3-6-15(11-14)13-27-10-4-9-25-27/h1-11H,12-13H2,(H3,23,24,26). The second kappa shape index (κ2) is 8.47. The molecule has 0 saturated carbocycles. The monoisotopic (exact) mass is 389 g/mol. The molecule has 0 fully saturated rings. The second-order valence-corrected chi connectivity index (χ2v) is 5.89. The third kappa shape index (κ3) is 5.76. The van der Waals surface area contributed by atoms with E-state index in [4.69, 9.17) is 5.73 Å². The van der Waals surface area contributed by atoms with E-state index in [-0.39, 0.29) is 23.9 Å². The molecule has 0 saturated heterocycles. The fourth-order valence-corrected chi connectivity index (χ4v) is 2.54. The van der Waals surface area contributed by atoms with Crippen LogP contribution >= 0.6 is 0 Å². The van der Waals surface area contributed by atoms with E-state index in [2.05, 4.69) is 20.1 Å². The highest BCUT2D eigenvalue weighted by molar-refractivity contribution is 5.93. The minimum atomic E-state index is -4.79. The van der Waals surface area contributed by atoms with E-state index >= 15 is 0 Å². The Labute approximate surface area is 159 Å². The summed E-state index contributed by atoms with van der Waals surface area (Å²) < 4.78 is 43.2. The maximum absolute atomic E-state index is 12.5. The normalized spacial score (nSPS) is 12.0. The number of nitrogens with zero attached hydrogens (tertiary/aromatic N) is 3. The predicted octanol–water partition coefficient (Wildman–Crippen LogP) is 3.76. The van der Waals surface area contributed by atoms with Gasteiger partial charge in [0.15, 0.2) is 11.7 Å².